The lowest BCUT2D eigenvalue weighted by molar-refractivity contribution is 0.205. The monoisotopic (exact) mass is 322 g/mol. The number of nitrogens with zero attached hydrogens (tertiary/aromatic N) is 4. The number of aryl methyl sites for hydroxylation is 1. The van der Waals surface area contributed by atoms with E-state index >= 15 is 0 Å². The summed E-state index contributed by atoms with van der Waals surface area (Å²) in [6, 6.07) is 18.0. The number of rotatable bonds is 8. The third kappa shape index (κ3) is 5.49. The minimum Gasteiger partial charge on any atom is -0.383 e. The molecular formula is C19H22N4O. The summed E-state index contributed by atoms with van der Waals surface area (Å²) in [5.74, 6) is 0. The molecule has 0 radical (unpaired) electrons. The molecule has 0 aliphatic heterocycles. The van der Waals surface area contributed by atoms with Crippen LogP contribution in [0.15, 0.2) is 58.8 Å². The maximum absolute atomic E-state index is 8.79. The number of nitriles is 1. The van der Waals surface area contributed by atoms with Crippen molar-refractivity contribution in [1.82, 2.24) is 0 Å². The zero-order chi connectivity index (χ0) is 17.2. The SMILES string of the molecule is COCCN(CCC#N)c1ccc(N=Nc2ccc(C)cc2)cc1. The summed E-state index contributed by atoms with van der Waals surface area (Å²) < 4.78 is 5.14. The number of azo groups is 1. The van der Waals surface area contributed by atoms with Crippen LogP contribution in [-0.4, -0.2) is 26.8 Å². The van der Waals surface area contributed by atoms with Crippen LogP contribution in [0.2, 0.25) is 0 Å². The van der Waals surface area contributed by atoms with Gasteiger partial charge in [-0.1, -0.05) is 17.7 Å². The predicted octanol–water partition coefficient (Wildman–Crippen LogP) is 4.78. The average Bonchev–Trinajstić information content (AvgIpc) is 2.62. The first-order valence-electron chi connectivity index (χ1n) is 7.92. The molecule has 0 aliphatic rings. The van der Waals surface area contributed by atoms with Crippen molar-refractivity contribution in [2.24, 2.45) is 10.2 Å². The highest BCUT2D eigenvalue weighted by Crippen LogP contribution is 2.22. The van der Waals surface area contributed by atoms with Gasteiger partial charge in [0.1, 0.15) is 0 Å². The van der Waals surface area contributed by atoms with Crippen LogP contribution in [0, 0.1) is 18.3 Å². The molecule has 0 aromatic heterocycles. The van der Waals surface area contributed by atoms with Crippen LogP contribution in [-0.2, 0) is 4.74 Å². The first-order chi connectivity index (χ1) is 11.7. The van der Waals surface area contributed by atoms with E-state index in [1.807, 2.05) is 55.5 Å². The van der Waals surface area contributed by atoms with Gasteiger partial charge in [-0.3, -0.25) is 0 Å². The zero-order valence-corrected chi connectivity index (χ0v) is 14.1. The molecule has 0 unspecified atom stereocenters. The smallest absolute Gasteiger partial charge is 0.0858 e. The summed E-state index contributed by atoms with van der Waals surface area (Å²) in [5.41, 5.74) is 3.88. The van der Waals surface area contributed by atoms with Gasteiger partial charge in [0.25, 0.3) is 0 Å². The topological polar surface area (TPSA) is 61.0 Å². The van der Waals surface area contributed by atoms with Crippen molar-refractivity contribution in [1.29, 1.82) is 5.26 Å². The predicted molar refractivity (Wildman–Crippen MR) is 96.1 cm³/mol. The molecule has 24 heavy (non-hydrogen) atoms. The average molecular weight is 322 g/mol. The van der Waals surface area contributed by atoms with Crippen molar-refractivity contribution in [3.05, 3.63) is 54.1 Å². The molecule has 0 saturated carbocycles. The molecule has 2 aromatic rings. The number of hydrogen-bond donors (Lipinski definition) is 0. The third-order valence-corrected chi connectivity index (χ3v) is 3.59. The third-order valence-electron chi connectivity index (χ3n) is 3.59. The lowest BCUT2D eigenvalue weighted by Gasteiger charge is -2.23. The van der Waals surface area contributed by atoms with Gasteiger partial charge in [0.15, 0.2) is 0 Å². The first-order valence-corrected chi connectivity index (χ1v) is 7.92. The summed E-state index contributed by atoms with van der Waals surface area (Å²) in [5, 5.41) is 17.3. The summed E-state index contributed by atoms with van der Waals surface area (Å²) in [6.45, 7) is 4.11. The summed E-state index contributed by atoms with van der Waals surface area (Å²) in [7, 11) is 1.68. The Bertz CT molecular complexity index is 687. The van der Waals surface area contributed by atoms with Gasteiger partial charge in [-0.15, -0.1) is 0 Å². The molecule has 0 heterocycles. The van der Waals surface area contributed by atoms with Gasteiger partial charge in [-0.25, -0.2) is 0 Å². The molecule has 0 spiro atoms. The van der Waals surface area contributed by atoms with E-state index in [2.05, 4.69) is 21.2 Å². The van der Waals surface area contributed by atoms with E-state index in [0.29, 0.717) is 19.6 Å². The van der Waals surface area contributed by atoms with Crippen LogP contribution >= 0.6 is 0 Å². The number of methoxy groups -OCH3 is 1. The van der Waals surface area contributed by atoms with Gasteiger partial charge >= 0.3 is 0 Å². The van der Waals surface area contributed by atoms with Crippen LogP contribution < -0.4 is 4.90 Å². The minimum atomic E-state index is 0.485. The van der Waals surface area contributed by atoms with Crippen LogP contribution in [0.3, 0.4) is 0 Å². The van der Waals surface area contributed by atoms with Gasteiger partial charge < -0.3 is 9.64 Å². The van der Waals surface area contributed by atoms with E-state index in [-0.39, 0.29) is 0 Å². The van der Waals surface area contributed by atoms with Gasteiger partial charge in [0, 0.05) is 25.9 Å². The summed E-state index contributed by atoms with van der Waals surface area (Å²) in [4.78, 5) is 2.13. The molecule has 5 heteroatoms. The number of anilines is 1. The standard InChI is InChI=1S/C19H22N4O/c1-16-4-6-17(7-5-16)21-22-18-8-10-19(11-9-18)23(13-3-12-20)14-15-24-2/h4-11H,3,13-15H2,1-2H3. The Morgan fingerprint density at radius 1 is 0.958 bits per heavy atom. The van der Waals surface area contributed by atoms with E-state index in [0.717, 1.165) is 23.6 Å². The molecule has 0 bridgehead atoms. The Hall–Kier alpha value is -2.71. The summed E-state index contributed by atoms with van der Waals surface area (Å²) in [6.07, 6.45) is 0.485. The van der Waals surface area contributed by atoms with Crippen LogP contribution in [0.4, 0.5) is 17.1 Å². The Kier molecular flexibility index (Phi) is 6.93. The molecule has 124 valence electrons. The minimum absolute atomic E-state index is 0.485. The Balaban J connectivity index is 2.04. The van der Waals surface area contributed by atoms with E-state index < -0.39 is 0 Å². The lowest BCUT2D eigenvalue weighted by Crippen LogP contribution is -2.28. The molecule has 0 N–H and O–H groups in total. The van der Waals surface area contributed by atoms with Gasteiger partial charge in [-0.05, 0) is 43.3 Å². The highest BCUT2D eigenvalue weighted by atomic mass is 16.5. The van der Waals surface area contributed by atoms with Gasteiger partial charge in [0.2, 0.25) is 0 Å². The molecule has 0 atom stereocenters. The molecule has 5 nitrogen and oxygen atoms in total. The molecule has 0 aliphatic carbocycles. The second-order valence-electron chi connectivity index (χ2n) is 5.44. The van der Waals surface area contributed by atoms with Crippen molar-refractivity contribution in [2.45, 2.75) is 13.3 Å². The van der Waals surface area contributed by atoms with E-state index in [9.17, 15) is 0 Å². The second-order valence-corrected chi connectivity index (χ2v) is 5.44. The molecule has 0 saturated heterocycles. The maximum atomic E-state index is 8.79. The highest BCUT2D eigenvalue weighted by molar-refractivity contribution is 5.53. The molecule has 2 rings (SSSR count). The fraction of sp³-hybridized carbons (Fsp3) is 0.316. The Morgan fingerprint density at radius 3 is 2.08 bits per heavy atom. The van der Waals surface area contributed by atoms with Gasteiger partial charge in [-0.2, -0.15) is 15.5 Å². The van der Waals surface area contributed by atoms with Crippen LogP contribution in [0.1, 0.15) is 12.0 Å². The fourth-order valence-corrected chi connectivity index (χ4v) is 2.21. The van der Waals surface area contributed by atoms with Crippen LogP contribution in [0.5, 0.6) is 0 Å². The van der Waals surface area contributed by atoms with E-state index in [1.165, 1.54) is 5.56 Å². The Morgan fingerprint density at radius 2 is 1.54 bits per heavy atom. The second kappa shape index (κ2) is 9.43. The van der Waals surface area contributed by atoms with Crippen LogP contribution in [0.25, 0.3) is 0 Å². The van der Waals surface area contributed by atoms with Crippen molar-refractivity contribution in [3.8, 4) is 6.07 Å². The summed E-state index contributed by atoms with van der Waals surface area (Å²) >= 11 is 0. The van der Waals surface area contributed by atoms with Crippen molar-refractivity contribution in [3.63, 3.8) is 0 Å². The Labute approximate surface area is 143 Å². The maximum Gasteiger partial charge on any atom is 0.0858 e. The lowest BCUT2D eigenvalue weighted by atomic mass is 10.2. The number of ether oxygens (including phenoxy) is 1. The fourth-order valence-electron chi connectivity index (χ4n) is 2.21. The molecule has 2 aromatic carbocycles. The van der Waals surface area contributed by atoms with Crippen molar-refractivity contribution in [2.75, 3.05) is 31.7 Å². The highest BCUT2D eigenvalue weighted by Gasteiger charge is 2.06. The molecule has 0 amide bonds. The zero-order valence-electron chi connectivity index (χ0n) is 14.1. The molecular weight excluding hydrogens is 300 g/mol. The first kappa shape index (κ1) is 17.6. The quantitative estimate of drug-likeness (QED) is 0.657. The normalized spacial score (nSPS) is 10.7. The number of benzene rings is 2. The van der Waals surface area contributed by atoms with E-state index in [4.69, 9.17) is 10.00 Å². The van der Waals surface area contributed by atoms with E-state index in [1.54, 1.807) is 7.11 Å². The molecule has 0 fully saturated rings. The van der Waals surface area contributed by atoms with Crippen molar-refractivity contribution >= 4 is 17.1 Å². The van der Waals surface area contributed by atoms with Gasteiger partial charge in [0.05, 0.1) is 30.5 Å². The van der Waals surface area contributed by atoms with Crippen molar-refractivity contribution < 1.29 is 4.74 Å². The number of hydrogen-bond acceptors (Lipinski definition) is 5. The largest absolute Gasteiger partial charge is 0.383 e.